The van der Waals surface area contributed by atoms with Crippen LogP contribution in [0.4, 0.5) is 11.8 Å². The van der Waals surface area contributed by atoms with Gasteiger partial charge in [-0.15, -0.1) is 0 Å². The largest absolute Gasteiger partial charge is 0.337 e. The Hall–Kier alpha value is -2.50. The third-order valence-electron chi connectivity index (χ3n) is 3.99. The molecule has 0 radical (unpaired) electrons. The molecule has 24 heavy (non-hydrogen) atoms. The molecule has 1 aliphatic rings. The van der Waals surface area contributed by atoms with Crippen molar-refractivity contribution >= 4 is 17.7 Å². The average Bonchev–Trinajstić information content (AvgIpc) is 2.53. The first-order valence-corrected chi connectivity index (χ1v) is 8.18. The number of nitrogens with one attached hydrogen (secondary N) is 1. The number of amides is 1. The second kappa shape index (κ2) is 6.19. The molecule has 1 amide bonds. The number of rotatable bonds is 2. The third-order valence-corrected chi connectivity index (χ3v) is 3.99. The number of carbonyl (C=O) groups excluding carboxylic acids is 1. The van der Waals surface area contributed by atoms with Crippen LogP contribution in [0.5, 0.6) is 0 Å². The molecule has 1 aliphatic heterocycles. The van der Waals surface area contributed by atoms with Gasteiger partial charge in [0.25, 0.3) is 0 Å². The smallest absolute Gasteiger partial charge is 0.228 e. The van der Waals surface area contributed by atoms with E-state index in [4.69, 9.17) is 0 Å². The first-order valence-electron chi connectivity index (χ1n) is 8.18. The van der Waals surface area contributed by atoms with Crippen molar-refractivity contribution in [2.75, 3.05) is 11.9 Å². The molecule has 0 aromatic carbocycles. The summed E-state index contributed by atoms with van der Waals surface area (Å²) >= 11 is 0. The predicted molar refractivity (Wildman–Crippen MR) is 92.9 cm³/mol. The van der Waals surface area contributed by atoms with Gasteiger partial charge in [-0.25, -0.2) is 15.0 Å². The number of pyridine rings is 1. The summed E-state index contributed by atoms with van der Waals surface area (Å²) in [5, 5.41) is 3.14. The van der Waals surface area contributed by atoms with Crippen molar-refractivity contribution < 1.29 is 4.79 Å². The molecular formula is C18H23N5O. The average molecular weight is 325 g/mol. The molecule has 0 saturated carbocycles. The van der Waals surface area contributed by atoms with E-state index in [0.717, 1.165) is 29.2 Å². The fourth-order valence-electron chi connectivity index (χ4n) is 2.75. The van der Waals surface area contributed by atoms with Crippen LogP contribution in [-0.4, -0.2) is 32.3 Å². The van der Waals surface area contributed by atoms with Crippen molar-refractivity contribution in [2.45, 2.75) is 40.7 Å². The minimum Gasteiger partial charge on any atom is -0.337 e. The minimum absolute atomic E-state index is 0.166. The first kappa shape index (κ1) is 16.4. The summed E-state index contributed by atoms with van der Waals surface area (Å²) < 4.78 is 0. The summed E-state index contributed by atoms with van der Waals surface area (Å²) in [7, 11) is 0. The van der Waals surface area contributed by atoms with Crippen molar-refractivity contribution in [3.05, 3.63) is 41.3 Å². The molecule has 0 atom stereocenters. The Morgan fingerprint density at radius 2 is 2.04 bits per heavy atom. The molecule has 0 unspecified atom stereocenters. The lowest BCUT2D eigenvalue weighted by atomic mass is 9.93. The van der Waals surface area contributed by atoms with Crippen LogP contribution < -0.4 is 5.32 Å². The zero-order chi connectivity index (χ0) is 17.3. The van der Waals surface area contributed by atoms with Crippen molar-refractivity contribution in [3.63, 3.8) is 0 Å². The predicted octanol–water partition coefficient (Wildman–Crippen LogP) is 2.85. The number of anilines is 2. The summed E-state index contributed by atoms with van der Waals surface area (Å²) in [5.41, 5.74) is 2.59. The number of carbonyl (C=O) groups is 1. The minimum atomic E-state index is -0.364. The monoisotopic (exact) mass is 325 g/mol. The Labute approximate surface area is 142 Å². The molecule has 0 bridgehead atoms. The van der Waals surface area contributed by atoms with Crippen molar-refractivity contribution in [3.8, 4) is 0 Å². The Kier molecular flexibility index (Phi) is 4.22. The molecule has 3 rings (SSSR count). The molecule has 1 N–H and O–H groups in total. The lowest BCUT2D eigenvalue weighted by Gasteiger charge is -2.33. The van der Waals surface area contributed by atoms with E-state index in [9.17, 15) is 4.79 Å². The molecule has 0 spiro atoms. The lowest BCUT2D eigenvalue weighted by molar-refractivity contribution is -0.140. The number of aromatic nitrogens is 3. The molecular weight excluding hydrogens is 302 g/mol. The van der Waals surface area contributed by atoms with E-state index in [0.29, 0.717) is 19.0 Å². The number of aryl methyl sites for hydroxylation is 1. The van der Waals surface area contributed by atoms with Crippen LogP contribution >= 0.6 is 0 Å². The van der Waals surface area contributed by atoms with E-state index >= 15 is 0 Å². The summed E-state index contributed by atoms with van der Waals surface area (Å²) in [4.78, 5) is 27.7. The molecule has 0 aliphatic carbocycles. The maximum Gasteiger partial charge on any atom is 0.228 e. The highest BCUT2D eigenvalue weighted by atomic mass is 16.2. The fourth-order valence-corrected chi connectivity index (χ4v) is 2.75. The Bertz CT molecular complexity index is 766. The van der Waals surface area contributed by atoms with Crippen molar-refractivity contribution in [1.29, 1.82) is 0 Å². The van der Waals surface area contributed by atoms with Gasteiger partial charge in [0.2, 0.25) is 11.9 Å². The number of fused-ring (bicyclic) bond motifs is 1. The van der Waals surface area contributed by atoms with E-state index in [1.165, 1.54) is 0 Å². The number of nitrogens with zero attached hydrogens (tertiary/aromatic N) is 4. The fraction of sp³-hybridized carbons (Fsp3) is 0.444. The van der Waals surface area contributed by atoms with Gasteiger partial charge in [-0.3, -0.25) is 4.79 Å². The number of hydrogen-bond donors (Lipinski definition) is 1. The first-order chi connectivity index (χ1) is 11.3. The van der Waals surface area contributed by atoms with Crippen LogP contribution in [-0.2, 0) is 17.8 Å². The van der Waals surface area contributed by atoms with Crippen LogP contribution in [0.1, 0.15) is 37.7 Å². The zero-order valence-electron chi connectivity index (χ0n) is 14.6. The maximum absolute atomic E-state index is 12.4. The van der Waals surface area contributed by atoms with Gasteiger partial charge in [0, 0.05) is 42.4 Å². The van der Waals surface area contributed by atoms with Gasteiger partial charge < -0.3 is 10.2 Å². The second-order valence-electron chi connectivity index (χ2n) is 7.18. The Morgan fingerprint density at radius 3 is 2.75 bits per heavy atom. The summed E-state index contributed by atoms with van der Waals surface area (Å²) in [6.07, 6.45) is 2.55. The van der Waals surface area contributed by atoms with Crippen LogP contribution in [0, 0.1) is 12.3 Å². The van der Waals surface area contributed by atoms with Crippen LogP contribution in [0.15, 0.2) is 24.4 Å². The third kappa shape index (κ3) is 3.53. The van der Waals surface area contributed by atoms with Gasteiger partial charge in [-0.2, -0.15) is 0 Å². The SMILES string of the molecule is Cc1cccc(Nc2ncc3c(n2)CCN(C(=O)C(C)(C)C)C3)n1. The molecule has 0 fully saturated rings. The quantitative estimate of drug-likeness (QED) is 0.919. The topological polar surface area (TPSA) is 71.0 Å². The van der Waals surface area contributed by atoms with Gasteiger partial charge >= 0.3 is 0 Å². The summed E-state index contributed by atoms with van der Waals surface area (Å²) in [6.45, 7) is 9.06. The van der Waals surface area contributed by atoms with Gasteiger partial charge in [0.15, 0.2) is 0 Å². The highest BCUT2D eigenvalue weighted by Crippen LogP contribution is 2.24. The van der Waals surface area contributed by atoms with E-state index in [1.807, 2.05) is 57.0 Å². The highest BCUT2D eigenvalue weighted by molar-refractivity contribution is 5.81. The van der Waals surface area contributed by atoms with E-state index in [2.05, 4.69) is 20.3 Å². The van der Waals surface area contributed by atoms with Crippen molar-refractivity contribution in [1.82, 2.24) is 19.9 Å². The van der Waals surface area contributed by atoms with Crippen LogP contribution in [0.25, 0.3) is 0 Å². The lowest BCUT2D eigenvalue weighted by Crippen LogP contribution is -2.42. The Morgan fingerprint density at radius 1 is 1.25 bits per heavy atom. The van der Waals surface area contributed by atoms with E-state index < -0.39 is 0 Å². The molecule has 6 nitrogen and oxygen atoms in total. The highest BCUT2D eigenvalue weighted by Gasteiger charge is 2.30. The molecule has 2 aromatic rings. The van der Waals surface area contributed by atoms with Crippen LogP contribution in [0.3, 0.4) is 0 Å². The standard InChI is InChI=1S/C18H23N5O/c1-12-6-5-7-15(20-12)22-17-19-10-13-11-23(9-8-14(13)21-17)16(24)18(2,3)4/h5-7,10H,8-9,11H2,1-4H3,(H,19,20,21,22). The number of hydrogen-bond acceptors (Lipinski definition) is 5. The van der Waals surface area contributed by atoms with E-state index in [-0.39, 0.29) is 11.3 Å². The zero-order valence-corrected chi connectivity index (χ0v) is 14.6. The Balaban J connectivity index is 1.75. The maximum atomic E-state index is 12.4. The molecule has 2 aromatic heterocycles. The van der Waals surface area contributed by atoms with E-state index in [1.54, 1.807) is 0 Å². The van der Waals surface area contributed by atoms with Gasteiger partial charge in [-0.05, 0) is 19.1 Å². The molecule has 0 saturated heterocycles. The van der Waals surface area contributed by atoms with Gasteiger partial charge in [0.05, 0.1) is 5.69 Å². The van der Waals surface area contributed by atoms with Gasteiger partial charge in [0.1, 0.15) is 5.82 Å². The summed E-state index contributed by atoms with van der Waals surface area (Å²) in [6, 6.07) is 5.78. The molecule has 3 heterocycles. The second-order valence-corrected chi connectivity index (χ2v) is 7.18. The van der Waals surface area contributed by atoms with Crippen LogP contribution in [0.2, 0.25) is 0 Å². The van der Waals surface area contributed by atoms with Crippen molar-refractivity contribution in [2.24, 2.45) is 5.41 Å². The molecule has 6 heteroatoms. The van der Waals surface area contributed by atoms with Gasteiger partial charge in [-0.1, -0.05) is 26.8 Å². The summed E-state index contributed by atoms with van der Waals surface area (Å²) in [5.74, 6) is 1.44. The molecule has 126 valence electrons. The normalized spacial score (nSPS) is 14.2.